The number of rotatable bonds is 3. The molecule has 0 aromatic carbocycles. The van der Waals surface area contributed by atoms with Crippen molar-refractivity contribution in [1.29, 1.82) is 0 Å². The summed E-state index contributed by atoms with van der Waals surface area (Å²) in [4.78, 5) is 0. The van der Waals surface area contributed by atoms with E-state index in [2.05, 4.69) is 0 Å². The molecule has 0 aromatic rings. The van der Waals surface area contributed by atoms with Crippen LogP contribution in [0.15, 0.2) is 0 Å². The molecule has 2 saturated heterocycles. The van der Waals surface area contributed by atoms with Gasteiger partial charge in [0, 0.05) is 0 Å². The fourth-order valence-electron chi connectivity index (χ4n) is 1.62. The van der Waals surface area contributed by atoms with Gasteiger partial charge in [-0.15, -0.1) is 11.8 Å². The molecule has 2 aliphatic heterocycles. The number of fused-ring (bicyclic) bond motifs is 2. The predicted molar refractivity (Wildman–Crippen MR) is 47.1 cm³/mol. The minimum Gasteiger partial charge on any atom is -0.362 e. The summed E-state index contributed by atoms with van der Waals surface area (Å²) >= 11 is 1.69. The quantitative estimate of drug-likeness (QED) is 0.626. The lowest BCUT2D eigenvalue weighted by Gasteiger charge is -2.26. The minimum absolute atomic E-state index is 0.0871. The molecule has 3 nitrogen and oxygen atoms in total. The Bertz CT molecular complexity index is 153. The Morgan fingerprint density at radius 2 is 2.42 bits per heavy atom. The van der Waals surface area contributed by atoms with Crippen molar-refractivity contribution in [3.05, 3.63) is 0 Å². The lowest BCUT2D eigenvalue weighted by molar-refractivity contribution is -0.165. The van der Waals surface area contributed by atoms with Crippen molar-refractivity contribution in [2.24, 2.45) is 0 Å². The predicted octanol–water partition coefficient (Wildman–Crippen LogP) is 1.23. The normalized spacial score (nSPS) is 40.2. The average Bonchev–Trinajstić information content (AvgIpc) is 2.48. The second-order valence-corrected chi connectivity index (χ2v) is 3.96. The first kappa shape index (κ1) is 8.81. The zero-order valence-corrected chi connectivity index (χ0v) is 8.01. The van der Waals surface area contributed by atoms with Crippen molar-refractivity contribution in [2.45, 2.75) is 31.3 Å². The third-order valence-corrected chi connectivity index (χ3v) is 2.62. The highest BCUT2D eigenvalue weighted by atomic mass is 32.2. The van der Waals surface area contributed by atoms with Crippen LogP contribution in [-0.4, -0.2) is 37.3 Å². The molecule has 2 rings (SSSR count). The van der Waals surface area contributed by atoms with Crippen LogP contribution >= 0.6 is 11.8 Å². The van der Waals surface area contributed by atoms with Crippen molar-refractivity contribution in [2.75, 3.05) is 18.8 Å². The molecule has 0 aliphatic carbocycles. The lowest BCUT2D eigenvalue weighted by atomic mass is 10.1. The Labute approximate surface area is 76.7 Å². The van der Waals surface area contributed by atoms with Crippen LogP contribution in [0.3, 0.4) is 0 Å². The van der Waals surface area contributed by atoms with Gasteiger partial charge < -0.3 is 14.2 Å². The summed E-state index contributed by atoms with van der Waals surface area (Å²) in [6.45, 7) is 0.754. The van der Waals surface area contributed by atoms with Crippen LogP contribution < -0.4 is 0 Å². The van der Waals surface area contributed by atoms with E-state index in [9.17, 15) is 0 Å². The number of hydrogen-bond donors (Lipinski definition) is 0. The maximum Gasteiger partial charge on any atom is 0.184 e. The van der Waals surface area contributed by atoms with Crippen molar-refractivity contribution < 1.29 is 14.2 Å². The minimum atomic E-state index is -0.0871. The van der Waals surface area contributed by atoms with E-state index in [-0.39, 0.29) is 12.4 Å². The van der Waals surface area contributed by atoms with E-state index in [1.54, 1.807) is 11.8 Å². The van der Waals surface area contributed by atoms with Gasteiger partial charge in [-0.05, 0) is 19.1 Å². The Kier molecular flexibility index (Phi) is 2.91. The van der Waals surface area contributed by atoms with E-state index in [1.165, 1.54) is 0 Å². The Morgan fingerprint density at radius 1 is 1.50 bits per heavy atom. The van der Waals surface area contributed by atoms with Gasteiger partial charge in [0.2, 0.25) is 0 Å². The summed E-state index contributed by atoms with van der Waals surface area (Å²) in [7, 11) is 0. The van der Waals surface area contributed by atoms with Gasteiger partial charge in [0.15, 0.2) is 6.29 Å². The maximum absolute atomic E-state index is 5.58. The molecule has 2 aliphatic rings. The fourth-order valence-corrected chi connectivity index (χ4v) is 1.93. The van der Waals surface area contributed by atoms with Gasteiger partial charge in [0.25, 0.3) is 0 Å². The Morgan fingerprint density at radius 3 is 3.25 bits per heavy atom. The standard InChI is InChI=1S/C8H14O3S/c1-12-5-10-7-3-2-6-4-9-8(7)11-6/h6-8H,2-5H2,1H3/t6-,7-,8+/m0/s1. The summed E-state index contributed by atoms with van der Waals surface area (Å²) in [6, 6.07) is 0. The highest BCUT2D eigenvalue weighted by Crippen LogP contribution is 2.29. The van der Waals surface area contributed by atoms with Crippen molar-refractivity contribution in [3.8, 4) is 0 Å². The Hall–Kier alpha value is 0.230. The van der Waals surface area contributed by atoms with Crippen LogP contribution in [0, 0.1) is 0 Å². The highest BCUT2D eigenvalue weighted by Gasteiger charge is 2.38. The first-order chi connectivity index (χ1) is 5.90. The SMILES string of the molecule is CSCO[C@H]1CC[C@H]2CO[C@@H]1O2. The molecule has 2 bridgehead atoms. The molecule has 2 heterocycles. The van der Waals surface area contributed by atoms with Gasteiger partial charge in [-0.2, -0.15) is 0 Å². The summed E-state index contributed by atoms with van der Waals surface area (Å²) in [6.07, 6.45) is 4.60. The summed E-state index contributed by atoms with van der Waals surface area (Å²) in [5, 5.41) is 0. The van der Waals surface area contributed by atoms with Gasteiger partial charge in [-0.3, -0.25) is 0 Å². The molecule has 0 unspecified atom stereocenters. The zero-order valence-electron chi connectivity index (χ0n) is 7.19. The fraction of sp³-hybridized carbons (Fsp3) is 1.00. The van der Waals surface area contributed by atoms with E-state index in [4.69, 9.17) is 14.2 Å². The highest BCUT2D eigenvalue weighted by molar-refractivity contribution is 7.98. The molecule has 4 heteroatoms. The average molecular weight is 190 g/mol. The zero-order chi connectivity index (χ0) is 8.39. The molecular weight excluding hydrogens is 176 g/mol. The molecule has 0 radical (unpaired) electrons. The summed E-state index contributed by atoms with van der Waals surface area (Å²) in [5.41, 5.74) is 0. The largest absolute Gasteiger partial charge is 0.362 e. The topological polar surface area (TPSA) is 27.7 Å². The van der Waals surface area contributed by atoms with E-state index in [1.807, 2.05) is 6.26 Å². The van der Waals surface area contributed by atoms with Crippen LogP contribution in [0.1, 0.15) is 12.8 Å². The Balaban J connectivity index is 1.81. The van der Waals surface area contributed by atoms with Crippen LogP contribution in [0.25, 0.3) is 0 Å². The maximum atomic E-state index is 5.58. The van der Waals surface area contributed by atoms with Crippen LogP contribution in [-0.2, 0) is 14.2 Å². The van der Waals surface area contributed by atoms with Gasteiger partial charge in [0.1, 0.15) is 6.10 Å². The molecule has 0 saturated carbocycles. The van der Waals surface area contributed by atoms with Gasteiger partial charge in [-0.25, -0.2) is 0 Å². The number of thioether (sulfide) groups is 1. The molecule has 70 valence electrons. The molecule has 0 amide bonds. The summed E-state index contributed by atoms with van der Waals surface area (Å²) in [5.74, 6) is 0.735. The first-order valence-electron chi connectivity index (χ1n) is 4.28. The third kappa shape index (κ3) is 1.76. The lowest BCUT2D eigenvalue weighted by Crippen LogP contribution is -2.34. The smallest absolute Gasteiger partial charge is 0.184 e. The van der Waals surface area contributed by atoms with Crippen molar-refractivity contribution >= 4 is 11.8 Å². The summed E-state index contributed by atoms with van der Waals surface area (Å²) < 4.78 is 16.6. The van der Waals surface area contributed by atoms with Crippen molar-refractivity contribution in [3.63, 3.8) is 0 Å². The first-order valence-corrected chi connectivity index (χ1v) is 5.67. The van der Waals surface area contributed by atoms with Gasteiger partial charge in [-0.1, -0.05) is 0 Å². The third-order valence-electron chi connectivity index (χ3n) is 2.25. The van der Waals surface area contributed by atoms with E-state index in [0.29, 0.717) is 6.10 Å². The van der Waals surface area contributed by atoms with Crippen LogP contribution in [0.2, 0.25) is 0 Å². The molecule has 2 fully saturated rings. The molecular formula is C8H14O3S. The van der Waals surface area contributed by atoms with E-state index in [0.717, 1.165) is 25.4 Å². The number of ether oxygens (including phenoxy) is 3. The second kappa shape index (κ2) is 3.96. The molecule has 0 N–H and O–H groups in total. The number of hydrogen-bond acceptors (Lipinski definition) is 4. The molecule has 0 aromatic heterocycles. The van der Waals surface area contributed by atoms with Gasteiger partial charge in [0.05, 0.1) is 18.6 Å². The van der Waals surface area contributed by atoms with E-state index < -0.39 is 0 Å². The monoisotopic (exact) mass is 190 g/mol. The van der Waals surface area contributed by atoms with Gasteiger partial charge >= 0.3 is 0 Å². The molecule has 3 atom stereocenters. The second-order valence-electron chi connectivity index (χ2n) is 3.15. The van der Waals surface area contributed by atoms with Crippen LogP contribution in [0.5, 0.6) is 0 Å². The molecule has 12 heavy (non-hydrogen) atoms. The van der Waals surface area contributed by atoms with Crippen LogP contribution in [0.4, 0.5) is 0 Å². The van der Waals surface area contributed by atoms with E-state index >= 15 is 0 Å². The van der Waals surface area contributed by atoms with Crippen molar-refractivity contribution in [1.82, 2.24) is 0 Å². The molecule has 0 spiro atoms.